The number of hydrogen-bond donors (Lipinski definition) is 1. The van der Waals surface area contributed by atoms with E-state index in [0.717, 1.165) is 10.4 Å². The highest BCUT2D eigenvalue weighted by Crippen LogP contribution is 2.20. The van der Waals surface area contributed by atoms with Crippen molar-refractivity contribution < 1.29 is 18.3 Å². The summed E-state index contributed by atoms with van der Waals surface area (Å²) in [5.74, 6) is -0.131. The van der Waals surface area contributed by atoms with Crippen LogP contribution in [0.5, 0.6) is 5.75 Å². The molecule has 0 saturated carbocycles. The van der Waals surface area contributed by atoms with Gasteiger partial charge in [-0.2, -0.15) is 18.7 Å². The number of amides is 1. The van der Waals surface area contributed by atoms with Crippen molar-refractivity contribution in [3.8, 4) is 17.1 Å². The van der Waals surface area contributed by atoms with Crippen LogP contribution in [0.4, 0.5) is 8.78 Å². The van der Waals surface area contributed by atoms with Gasteiger partial charge in [0.05, 0.1) is 5.71 Å². The van der Waals surface area contributed by atoms with Crippen molar-refractivity contribution >= 4 is 11.6 Å². The molecule has 28 heavy (non-hydrogen) atoms. The summed E-state index contributed by atoms with van der Waals surface area (Å²) in [6.07, 6.45) is 0. The molecule has 8 nitrogen and oxygen atoms in total. The van der Waals surface area contributed by atoms with Gasteiger partial charge in [-0.3, -0.25) is 4.79 Å². The average Bonchev–Trinajstić information content (AvgIpc) is 3.15. The number of nitrogens with zero attached hydrogens (tertiary/aromatic N) is 5. The Morgan fingerprint density at radius 3 is 2.64 bits per heavy atom. The van der Waals surface area contributed by atoms with Gasteiger partial charge in [0.1, 0.15) is 12.3 Å². The molecule has 1 amide bonds. The summed E-state index contributed by atoms with van der Waals surface area (Å²) in [5, 5.41) is 15.8. The van der Waals surface area contributed by atoms with Crippen LogP contribution in [0.2, 0.25) is 0 Å². The second-order valence-corrected chi connectivity index (χ2v) is 5.62. The average molecular weight is 386 g/mol. The van der Waals surface area contributed by atoms with E-state index in [9.17, 15) is 13.6 Å². The molecule has 1 heterocycles. The van der Waals surface area contributed by atoms with E-state index in [0.29, 0.717) is 17.1 Å². The van der Waals surface area contributed by atoms with Gasteiger partial charge in [0, 0.05) is 11.1 Å². The van der Waals surface area contributed by atoms with Crippen LogP contribution in [0, 0.1) is 0 Å². The third-order valence-electron chi connectivity index (χ3n) is 3.61. The highest BCUT2D eigenvalue weighted by Gasteiger charge is 2.12. The Balaban J connectivity index is 1.63. The van der Waals surface area contributed by atoms with Crippen LogP contribution >= 0.6 is 0 Å². The lowest BCUT2D eigenvalue weighted by Crippen LogP contribution is -2.25. The molecule has 144 valence electrons. The van der Waals surface area contributed by atoms with Crippen molar-refractivity contribution in [3.05, 3.63) is 60.2 Å². The summed E-state index contributed by atoms with van der Waals surface area (Å²) < 4.78 is 29.4. The Morgan fingerprint density at radius 2 is 1.89 bits per heavy atom. The van der Waals surface area contributed by atoms with E-state index in [-0.39, 0.29) is 12.3 Å². The molecule has 10 heteroatoms. The van der Waals surface area contributed by atoms with Gasteiger partial charge < -0.3 is 4.74 Å². The van der Waals surface area contributed by atoms with Gasteiger partial charge in [0.25, 0.3) is 5.91 Å². The van der Waals surface area contributed by atoms with E-state index >= 15 is 0 Å². The zero-order chi connectivity index (χ0) is 19.9. The standard InChI is InChI=1S/C18H16F2N6O2/c1-12(14-9-5-6-10-15(14)28-18(19)20)21-22-16(27)11-26-24-17(23-25-26)13-7-3-2-4-8-13/h2-10,18H,11H2,1H3,(H,22,27)/b21-12-. The molecule has 1 aromatic heterocycles. The van der Waals surface area contributed by atoms with Crippen LogP contribution in [0.1, 0.15) is 12.5 Å². The second-order valence-electron chi connectivity index (χ2n) is 5.62. The summed E-state index contributed by atoms with van der Waals surface area (Å²) in [6, 6.07) is 15.4. The Hall–Kier alpha value is -3.69. The summed E-state index contributed by atoms with van der Waals surface area (Å²) in [7, 11) is 0. The summed E-state index contributed by atoms with van der Waals surface area (Å²) >= 11 is 0. The zero-order valence-corrected chi connectivity index (χ0v) is 14.8. The molecule has 0 fully saturated rings. The van der Waals surface area contributed by atoms with Crippen molar-refractivity contribution in [1.82, 2.24) is 25.6 Å². The van der Waals surface area contributed by atoms with Crippen molar-refractivity contribution in [2.45, 2.75) is 20.1 Å². The molecule has 3 aromatic rings. The Labute approximate surface area is 158 Å². The van der Waals surface area contributed by atoms with Crippen LogP contribution in [0.15, 0.2) is 59.7 Å². The molecule has 2 aromatic carbocycles. The van der Waals surface area contributed by atoms with Gasteiger partial charge in [-0.15, -0.1) is 10.2 Å². The van der Waals surface area contributed by atoms with E-state index in [1.165, 1.54) is 6.07 Å². The molecule has 0 atom stereocenters. The maximum Gasteiger partial charge on any atom is 0.387 e. The number of nitrogens with one attached hydrogen (secondary N) is 1. The molecule has 0 aliphatic rings. The number of alkyl halides is 2. The molecule has 0 aliphatic carbocycles. The van der Waals surface area contributed by atoms with E-state index in [1.807, 2.05) is 30.3 Å². The minimum absolute atomic E-state index is 0.0292. The number of carbonyl (C=O) groups excluding carboxylic acids is 1. The SMILES string of the molecule is C/C(=N/NC(=O)Cn1nnc(-c2ccccc2)n1)c1ccccc1OC(F)F. The zero-order valence-electron chi connectivity index (χ0n) is 14.8. The van der Waals surface area contributed by atoms with Gasteiger partial charge in [-0.25, -0.2) is 5.43 Å². The lowest BCUT2D eigenvalue weighted by Gasteiger charge is -2.10. The monoisotopic (exact) mass is 386 g/mol. The first-order valence-electron chi connectivity index (χ1n) is 8.23. The quantitative estimate of drug-likeness (QED) is 0.497. The van der Waals surface area contributed by atoms with Crippen molar-refractivity contribution in [2.24, 2.45) is 5.10 Å². The number of tetrazole rings is 1. The fourth-order valence-electron chi connectivity index (χ4n) is 2.35. The van der Waals surface area contributed by atoms with E-state index < -0.39 is 12.5 Å². The first-order valence-corrected chi connectivity index (χ1v) is 8.23. The predicted octanol–water partition coefficient (Wildman–Crippen LogP) is 2.48. The normalized spacial score (nSPS) is 11.5. The molecular weight excluding hydrogens is 370 g/mol. The fourth-order valence-corrected chi connectivity index (χ4v) is 2.35. The number of hydrazone groups is 1. The minimum Gasteiger partial charge on any atom is -0.434 e. The lowest BCUT2D eigenvalue weighted by molar-refractivity contribution is -0.122. The first kappa shape index (κ1) is 19.1. The van der Waals surface area contributed by atoms with Crippen LogP contribution in [-0.2, 0) is 11.3 Å². The molecule has 1 N–H and O–H groups in total. The van der Waals surface area contributed by atoms with Gasteiger partial charge in [0.15, 0.2) is 0 Å². The number of benzene rings is 2. The third-order valence-corrected chi connectivity index (χ3v) is 3.61. The summed E-state index contributed by atoms with van der Waals surface area (Å²) in [5.41, 5.74) is 3.76. The van der Waals surface area contributed by atoms with E-state index in [1.54, 1.807) is 25.1 Å². The van der Waals surface area contributed by atoms with Gasteiger partial charge in [-0.05, 0) is 24.3 Å². The molecule has 0 unspecified atom stereocenters. The summed E-state index contributed by atoms with van der Waals surface area (Å²) in [6.45, 7) is -1.60. The van der Waals surface area contributed by atoms with Crippen LogP contribution < -0.4 is 10.2 Å². The van der Waals surface area contributed by atoms with E-state index in [2.05, 4.69) is 30.7 Å². The maximum atomic E-state index is 12.5. The fraction of sp³-hybridized carbons (Fsp3) is 0.167. The topological polar surface area (TPSA) is 94.3 Å². The molecule has 0 bridgehead atoms. The Kier molecular flexibility index (Phi) is 6.00. The number of hydrogen-bond acceptors (Lipinski definition) is 6. The van der Waals surface area contributed by atoms with Crippen molar-refractivity contribution in [1.29, 1.82) is 0 Å². The molecule has 0 aliphatic heterocycles. The predicted molar refractivity (Wildman–Crippen MR) is 96.7 cm³/mol. The van der Waals surface area contributed by atoms with E-state index in [4.69, 9.17) is 0 Å². The third kappa shape index (κ3) is 4.93. The van der Waals surface area contributed by atoms with Gasteiger partial charge in [-0.1, -0.05) is 42.5 Å². The maximum absolute atomic E-state index is 12.5. The molecular formula is C18H16F2N6O2. The number of halogens is 2. The first-order chi connectivity index (χ1) is 13.5. The number of ether oxygens (including phenoxy) is 1. The molecule has 3 rings (SSSR count). The van der Waals surface area contributed by atoms with Gasteiger partial charge in [0.2, 0.25) is 5.82 Å². The van der Waals surface area contributed by atoms with Crippen molar-refractivity contribution in [2.75, 3.05) is 0 Å². The molecule has 0 spiro atoms. The minimum atomic E-state index is -2.96. The lowest BCUT2D eigenvalue weighted by atomic mass is 10.1. The largest absolute Gasteiger partial charge is 0.434 e. The Morgan fingerprint density at radius 1 is 1.18 bits per heavy atom. The smallest absolute Gasteiger partial charge is 0.387 e. The van der Waals surface area contributed by atoms with Crippen LogP contribution in [-0.4, -0.2) is 38.4 Å². The van der Waals surface area contributed by atoms with Gasteiger partial charge >= 0.3 is 6.61 Å². The second kappa shape index (κ2) is 8.80. The molecule has 0 saturated heterocycles. The molecule has 0 radical (unpaired) electrons. The number of aromatic nitrogens is 4. The number of rotatable bonds is 7. The summed E-state index contributed by atoms with van der Waals surface area (Å²) in [4.78, 5) is 13.2. The number of carbonyl (C=O) groups is 1. The highest BCUT2D eigenvalue weighted by atomic mass is 19.3. The van der Waals surface area contributed by atoms with Crippen LogP contribution in [0.25, 0.3) is 11.4 Å². The van der Waals surface area contributed by atoms with Crippen molar-refractivity contribution in [3.63, 3.8) is 0 Å². The highest BCUT2D eigenvalue weighted by molar-refractivity contribution is 6.01. The Bertz CT molecular complexity index is 975. The van der Waals surface area contributed by atoms with Crippen LogP contribution in [0.3, 0.4) is 0 Å². The number of para-hydroxylation sites is 1.